The number of thiazole rings is 1. The molecule has 104 valence electrons. The summed E-state index contributed by atoms with van der Waals surface area (Å²) in [5, 5.41) is 12.9. The lowest BCUT2D eigenvalue weighted by Crippen LogP contribution is -2.38. The van der Waals surface area contributed by atoms with Crippen molar-refractivity contribution in [1.82, 2.24) is 9.88 Å². The molecule has 1 rings (SSSR count). The summed E-state index contributed by atoms with van der Waals surface area (Å²) in [6.07, 6.45) is 0.0492. The average Bonchev–Trinajstić information content (AvgIpc) is 2.73. The monoisotopic (exact) mass is 272 g/mol. The highest BCUT2D eigenvalue weighted by molar-refractivity contribution is 7.09. The summed E-state index contributed by atoms with van der Waals surface area (Å²) in [5.41, 5.74) is 0.374. The van der Waals surface area contributed by atoms with Crippen molar-refractivity contribution in [2.24, 2.45) is 0 Å². The number of aromatic nitrogens is 1. The van der Waals surface area contributed by atoms with Crippen LogP contribution in [0.15, 0.2) is 5.38 Å². The number of hydrogen-bond donors (Lipinski definition) is 1. The molecular formula is C13H24N2O2S. The van der Waals surface area contributed by atoms with Gasteiger partial charge in [0.1, 0.15) is 11.1 Å². The normalized spacial score (nSPS) is 14.2. The smallest absolute Gasteiger partial charge is 0.122 e. The van der Waals surface area contributed by atoms with Gasteiger partial charge in [-0.1, -0.05) is 6.92 Å². The van der Waals surface area contributed by atoms with Gasteiger partial charge in [-0.25, -0.2) is 4.98 Å². The highest BCUT2D eigenvalue weighted by Gasteiger charge is 2.18. The molecule has 1 unspecified atom stereocenters. The Morgan fingerprint density at radius 2 is 2.22 bits per heavy atom. The van der Waals surface area contributed by atoms with Crippen LogP contribution in [0.3, 0.4) is 0 Å². The van der Waals surface area contributed by atoms with E-state index in [1.807, 2.05) is 20.8 Å². The van der Waals surface area contributed by atoms with E-state index in [0.717, 1.165) is 23.8 Å². The van der Waals surface area contributed by atoms with Gasteiger partial charge in [-0.15, -0.1) is 11.3 Å². The van der Waals surface area contributed by atoms with Crippen molar-refractivity contribution in [3.05, 3.63) is 16.1 Å². The Morgan fingerprint density at radius 3 is 2.72 bits per heavy atom. The highest BCUT2D eigenvalue weighted by atomic mass is 32.1. The molecule has 1 atom stereocenters. The Balaban J connectivity index is 2.62. The fourth-order valence-electron chi connectivity index (χ4n) is 1.74. The second-order valence-corrected chi connectivity index (χ2v) is 6.06. The van der Waals surface area contributed by atoms with Crippen LogP contribution in [-0.2, 0) is 11.3 Å². The van der Waals surface area contributed by atoms with E-state index in [2.05, 4.69) is 22.2 Å². The lowest BCUT2D eigenvalue weighted by atomic mass is 10.1. The van der Waals surface area contributed by atoms with Crippen LogP contribution in [0.1, 0.15) is 44.5 Å². The number of nitrogens with zero attached hydrogens (tertiary/aromatic N) is 2. The van der Waals surface area contributed by atoms with Crippen LogP contribution in [0.5, 0.6) is 0 Å². The van der Waals surface area contributed by atoms with Gasteiger partial charge in [-0.2, -0.15) is 0 Å². The minimum Gasteiger partial charge on any atom is -0.389 e. The van der Waals surface area contributed by atoms with Gasteiger partial charge in [-0.3, -0.25) is 4.90 Å². The van der Waals surface area contributed by atoms with Gasteiger partial charge in [0.05, 0.1) is 11.3 Å². The van der Waals surface area contributed by atoms with Crippen LogP contribution in [0, 0.1) is 0 Å². The number of ether oxygens (including phenoxy) is 1. The maximum absolute atomic E-state index is 9.85. The molecule has 0 aliphatic carbocycles. The van der Waals surface area contributed by atoms with E-state index in [-0.39, 0.29) is 6.10 Å². The van der Waals surface area contributed by atoms with Crippen molar-refractivity contribution in [3.63, 3.8) is 0 Å². The van der Waals surface area contributed by atoms with E-state index in [1.54, 1.807) is 18.4 Å². The Labute approximate surface area is 114 Å². The van der Waals surface area contributed by atoms with Gasteiger partial charge in [0.15, 0.2) is 0 Å². The molecule has 0 saturated heterocycles. The first-order chi connectivity index (χ1) is 8.35. The topological polar surface area (TPSA) is 45.6 Å². The number of aliphatic hydroxyl groups is 1. The quantitative estimate of drug-likeness (QED) is 0.828. The fraction of sp³-hybridized carbons (Fsp3) is 0.769. The first kappa shape index (κ1) is 15.6. The van der Waals surface area contributed by atoms with Crippen molar-refractivity contribution in [2.45, 2.75) is 45.9 Å². The average molecular weight is 272 g/mol. The minimum absolute atomic E-state index is 0.0492. The number of hydrogen-bond acceptors (Lipinski definition) is 5. The molecule has 18 heavy (non-hydrogen) atoms. The second-order valence-electron chi connectivity index (χ2n) is 5.17. The fourth-order valence-corrected chi connectivity index (χ4v) is 2.58. The Bertz CT molecular complexity index is 360. The van der Waals surface area contributed by atoms with E-state index in [4.69, 9.17) is 4.74 Å². The Morgan fingerprint density at radius 1 is 1.56 bits per heavy atom. The Hall–Kier alpha value is -0.490. The summed E-state index contributed by atoms with van der Waals surface area (Å²) in [6, 6.07) is 0. The molecule has 0 aromatic carbocycles. The van der Waals surface area contributed by atoms with E-state index < -0.39 is 5.60 Å². The zero-order valence-electron chi connectivity index (χ0n) is 11.9. The summed E-state index contributed by atoms with van der Waals surface area (Å²) in [4.78, 5) is 6.76. The summed E-state index contributed by atoms with van der Waals surface area (Å²) < 4.78 is 5.26. The van der Waals surface area contributed by atoms with E-state index in [1.165, 1.54) is 0 Å². The molecule has 1 aromatic heterocycles. The summed E-state index contributed by atoms with van der Waals surface area (Å²) in [5.74, 6) is 0. The van der Waals surface area contributed by atoms with E-state index >= 15 is 0 Å². The minimum atomic E-state index is -0.672. The van der Waals surface area contributed by atoms with Gasteiger partial charge in [0.25, 0.3) is 0 Å². The molecule has 1 N–H and O–H groups in total. The number of rotatable bonds is 7. The molecule has 0 aliphatic rings. The molecule has 5 heteroatoms. The molecule has 0 saturated carbocycles. The van der Waals surface area contributed by atoms with Crippen LogP contribution in [0.4, 0.5) is 0 Å². The third-order valence-electron chi connectivity index (χ3n) is 2.71. The van der Waals surface area contributed by atoms with Gasteiger partial charge >= 0.3 is 0 Å². The molecular weight excluding hydrogens is 248 g/mol. The lowest BCUT2D eigenvalue weighted by molar-refractivity contribution is 0.0349. The standard InChI is InChI=1S/C13H24N2O2S/c1-6-15(9-13(3,4)16)7-11-8-18-12(14-11)10(2)17-5/h8,10,16H,6-7,9H2,1-5H3. The third kappa shape index (κ3) is 5.02. The molecule has 0 amide bonds. The van der Waals surface area contributed by atoms with Gasteiger partial charge in [-0.05, 0) is 27.3 Å². The van der Waals surface area contributed by atoms with Crippen LogP contribution in [0.25, 0.3) is 0 Å². The van der Waals surface area contributed by atoms with E-state index in [0.29, 0.717) is 6.54 Å². The van der Waals surface area contributed by atoms with Crippen LogP contribution in [-0.4, -0.2) is 40.8 Å². The van der Waals surface area contributed by atoms with E-state index in [9.17, 15) is 5.11 Å². The number of likely N-dealkylation sites (N-methyl/N-ethyl adjacent to an activating group) is 1. The maximum Gasteiger partial charge on any atom is 0.122 e. The predicted molar refractivity (Wildman–Crippen MR) is 74.8 cm³/mol. The van der Waals surface area contributed by atoms with Crippen molar-refractivity contribution < 1.29 is 9.84 Å². The van der Waals surface area contributed by atoms with Crippen molar-refractivity contribution in [3.8, 4) is 0 Å². The molecule has 4 nitrogen and oxygen atoms in total. The zero-order valence-corrected chi connectivity index (χ0v) is 12.8. The molecule has 1 heterocycles. The summed E-state index contributed by atoms with van der Waals surface area (Å²) in [6.45, 7) is 10.1. The molecule has 0 spiro atoms. The Kier molecular flexibility index (Phi) is 5.72. The van der Waals surface area contributed by atoms with Crippen LogP contribution >= 0.6 is 11.3 Å². The highest BCUT2D eigenvalue weighted by Crippen LogP contribution is 2.21. The molecule has 1 aromatic rings. The molecule has 0 bridgehead atoms. The summed E-state index contributed by atoms with van der Waals surface area (Å²) in [7, 11) is 1.69. The SMILES string of the molecule is CCN(Cc1csc(C(C)OC)n1)CC(C)(C)O. The first-order valence-corrected chi connectivity index (χ1v) is 7.15. The van der Waals surface area contributed by atoms with Crippen molar-refractivity contribution >= 4 is 11.3 Å². The van der Waals surface area contributed by atoms with Gasteiger partial charge in [0.2, 0.25) is 0 Å². The predicted octanol–water partition coefficient (Wildman–Crippen LogP) is 2.44. The maximum atomic E-state index is 9.85. The summed E-state index contributed by atoms with van der Waals surface area (Å²) >= 11 is 1.63. The zero-order chi connectivity index (χ0) is 13.8. The molecule has 0 aliphatic heterocycles. The molecule has 0 radical (unpaired) electrons. The van der Waals surface area contributed by atoms with Crippen LogP contribution < -0.4 is 0 Å². The number of methoxy groups -OCH3 is 1. The van der Waals surface area contributed by atoms with Crippen molar-refractivity contribution in [1.29, 1.82) is 0 Å². The van der Waals surface area contributed by atoms with Crippen molar-refractivity contribution in [2.75, 3.05) is 20.2 Å². The van der Waals surface area contributed by atoms with Gasteiger partial charge in [0, 0.05) is 25.6 Å². The van der Waals surface area contributed by atoms with Crippen LogP contribution in [0.2, 0.25) is 0 Å². The first-order valence-electron chi connectivity index (χ1n) is 6.27. The largest absolute Gasteiger partial charge is 0.389 e. The third-order valence-corrected chi connectivity index (χ3v) is 3.77. The lowest BCUT2D eigenvalue weighted by Gasteiger charge is -2.27. The van der Waals surface area contributed by atoms with Gasteiger partial charge < -0.3 is 9.84 Å². The second kappa shape index (κ2) is 6.61. The molecule has 0 fully saturated rings.